The highest BCUT2D eigenvalue weighted by molar-refractivity contribution is 7.99. The number of rotatable bonds is 6. The zero-order chi connectivity index (χ0) is 12.8. The van der Waals surface area contributed by atoms with E-state index >= 15 is 0 Å². The summed E-state index contributed by atoms with van der Waals surface area (Å²) < 4.78 is 13.5. The van der Waals surface area contributed by atoms with Gasteiger partial charge < -0.3 is 5.11 Å². The van der Waals surface area contributed by atoms with Crippen LogP contribution in [0.25, 0.3) is 0 Å². The van der Waals surface area contributed by atoms with Crippen LogP contribution in [0.5, 0.6) is 0 Å². The summed E-state index contributed by atoms with van der Waals surface area (Å²) >= 11 is 1.40. The van der Waals surface area contributed by atoms with E-state index < -0.39 is 5.97 Å². The second-order valence-electron chi connectivity index (χ2n) is 3.94. The Morgan fingerprint density at radius 3 is 2.59 bits per heavy atom. The van der Waals surface area contributed by atoms with E-state index in [1.165, 1.54) is 30.0 Å². The Balaban J connectivity index is 2.75. The highest BCUT2D eigenvalue weighted by atomic mass is 32.2. The maximum absolute atomic E-state index is 13.5. The summed E-state index contributed by atoms with van der Waals surface area (Å²) in [4.78, 5) is 11.2. The van der Waals surface area contributed by atoms with Crippen molar-refractivity contribution in [1.82, 2.24) is 0 Å². The highest BCUT2D eigenvalue weighted by Gasteiger charge is 2.11. The van der Waals surface area contributed by atoms with Gasteiger partial charge in [0.05, 0.1) is 5.56 Å². The SMILES string of the molecule is CCC(CC)CSc1cc(C(=O)O)ccc1F. The van der Waals surface area contributed by atoms with Gasteiger partial charge in [-0.1, -0.05) is 26.7 Å². The summed E-state index contributed by atoms with van der Waals surface area (Å²) in [7, 11) is 0. The van der Waals surface area contributed by atoms with Crippen molar-refractivity contribution in [2.45, 2.75) is 31.6 Å². The van der Waals surface area contributed by atoms with E-state index in [0.29, 0.717) is 10.8 Å². The molecular weight excluding hydrogens is 239 g/mol. The second-order valence-corrected chi connectivity index (χ2v) is 5.01. The lowest BCUT2D eigenvalue weighted by Crippen LogP contribution is -2.01. The minimum Gasteiger partial charge on any atom is -0.478 e. The van der Waals surface area contributed by atoms with Crippen LogP contribution in [0.15, 0.2) is 23.1 Å². The van der Waals surface area contributed by atoms with Crippen molar-refractivity contribution in [3.63, 3.8) is 0 Å². The normalized spacial score (nSPS) is 10.8. The molecule has 0 aliphatic heterocycles. The molecule has 0 saturated carbocycles. The molecule has 0 fully saturated rings. The number of benzene rings is 1. The number of hydrogen-bond acceptors (Lipinski definition) is 2. The fourth-order valence-electron chi connectivity index (χ4n) is 1.48. The molecule has 1 aromatic carbocycles. The van der Waals surface area contributed by atoms with Crippen LogP contribution in [0.4, 0.5) is 4.39 Å². The van der Waals surface area contributed by atoms with Gasteiger partial charge >= 0.3 is 5.97 Å². The minimum atomic E-state index is -1.02. The van der Waals surface area contributed by atoms with Gasteiger partial charge in [-0.15, -0.1) is 11.8 Å². The Labute approximate surface area is 105 Å². The van der Waals surface area contributed by atoms with Crippen molar-refractivity contribution in [1.29, 1.82) is 0 Å². The molecule has 2 nitrogen and oxygen atoms in total. The van der Waals surface area contributed by atoms with Gasteiger partial charge in [0, 0.05) is 10.6 Å². The smallest absolute Gasteiger partial charge is 0.335 e. The van der Waals surface area contributed by atoms with E-state index in [-0.39, 0.29) is 11.4 Å². The fraction of sp³-hybridized carbons (Fsp3) is 0.462. The van der Waals surface area contributed by atoms with Gasteiger partial charge in [-0.2, -0.15) is 0 Å². The number of halogens is 1. The Bertz CT molecular complexity index is 389. The summed E-state index contributed by atoms with van der Waals surface area (Å²) in [5, 5.41) is 8.84. The summed E-state index contributed by atoms with van der Waals surface area (Å²) in [6, 6.07) is 3.92. The molecule has 0 unspecified atom stereocenters. The van der Waals surface area contributed by atoms with Gasteiger partial charge in [0.15, 0.2) is 0 Å². The zero-order valence-corrected chi connectivity index (χ0v) is 10.9. The molecule has 0 radical (unpaired) electrons. The molecule has 1 rings (SSSR count). The largest absolute Gasteiger partial charge is 0.478 e. The molecule has 0 amide bonds. The topological polar surface area (TPSA) is 37.3 Å². The van der Waals surface area contributed by atoms with Gasteiger partial charge in [0.2, 0.25) is 0 Å². The molecule has 0 bridgehead atoms. The monoisotopic (exact) mass is 256 g/mol. The quantitative estimate of drug-likeness (QED) is 0.780. The molecule has 0 heterocycles. The summed E-state index contributed by atoms with van der Waals surface area (Å²) in [6.07, 6.45) is 2.12. The van der Waals surface area contributed by atoms with E-state index in [0.717, 1.165) is 18.6 Å². The van der Waals surface area contributed by atoms with Crippen LogP contribution in [0.2, 0.25) is 0 Å². The molecule has 0 spiro atoms. The first kappa shape index (κ1) is 14.0. The van der Waals surface area contributed by atoms with Crippen molar-refractivity contribution in [2.24, 2.45) is 5.92 Å². The number of carboxylic acids is 1. The van der Waals surface area contributed by atoms with Crippen LogP contribution >= 0.6 is 11.8 Å². The van der Waals surface area contributed by atoms with Crippen LogP contribution in [-0.2, 0) is 0 Å². The Kier molecular flexibility index (Phi) is 5.48. The predicted octanol–water partition coefficient (Wildman–Crippen LogP) is 4.05. The first-order valence-corrected chi connectivity index (χ1v) is 6.72. The van der Waals surface area contributed by atoms with E-state index in [9.17, 15) is 9.18 Å². The van der Waals surface area contributed by atoms with E-state index in [1.54, 1.807) is 0 Å². The number of hydrogen-bond donors (Lipinski definition) is 1. The number of aromatic carboxylic acids is 1. The van der Waals surface area contributed by atoms with Gasteiger partial charge in [-0.25, -0.2) is 9.18 Å². The number of carboxylic acid groups (broad SMARTS) is 1. The van der Waals surface area contributed by atoms with Crippen LogP contribution < -0.4 is 0 Å². The summed E-state index contributed by atoms with van der Waals surface area (Å²) in [6.45, 7) is 4.22. The van der Waals surface area contributed by atoms with Gasteiger partial charge in [0.1, 0.15) is 5.82 Å². The van der Waals surface area contributed by atoms with Gasteiger partial charge in [-0.05, 0) is 24.1 Å². The molecule has 0 atom stereocenters. The van der Waals surface area contributed by atoms with Crippen molar-refractivity contribution in [3.05, 3.63) is 29.6 Å². The third kappa shape index (κ3) is 4.04. The summed E-state index contributed by atoms with van der Waals surface area (Å²) in [5.41, 5.74) is 0.137. The molecular formula is C13H17FO2S. The zero-order valence-electron chi connectivity index (χ0n) is 10.1. The maximum Gasteiger partial charge on any atom is 0.335 e. The van der Waals surface area contributed by atoms with Crippen LogP contribution in [0.1, 0.15) is 37.0 Å². The van der Waals surface area contributed by atoms with E-state index in [1.807, 2.05) is 0 Å². The van der Waals surface area contributed by atoms with Crippen molar-refractivity contribution in [2.75, 3.05) is 5.75 Å². The average molecular weight is 256 g/mol. The number of carbonyl (C=O) groups is 1. The fourth-order valence-corrected chi connectivity index (χ4v) is 2.78. The molecule has 0 aromatic heterocycles. The van der Waals surface area contributed by atoms with E-state index in [2.05, 4.69) is 13.8 Å². The van der Waals surface area contributed by atoms with Gasteiger partial charge in [0.25, 0.3) is 0 Å². The first-order chi connectivity index (χ1) is 8.08. The van der Waals surface area contributed by atoms with Crippen LogP contribution in [-0.4, -0.2) is 16.8 Å². The van der Waals surface area contributed by atoms with Crippen molar-refractivity contribution in [3.8, 4) is 0 Å². The highest BCUT2D eigenvalue weighted by Crippen LogP contribution is 2.27. The molecule has 1 N–H and O–H groups in total. The Morgan fingerprint density at radius 1 is 1.41 bits per heavy atom. The van der Waals surface area contributed by atoms with E-state index in [4.69, 9.17) is 5.11 Å². The third-order valence-corrected chi connectivity index (χ3v) is 4.07. The first-order valence-electron chi connectivity index (χ1n) is 5.74. The molecule has 0 aliphatic carbocycles. The lowest BCUT2D eigenvalue weighted by atomic mass is 10.1. The van der Waals surface area contributed by atoms with Crippen molar-refractivity contribution >= 4 is 17.7 Å². The molecule has 1 aromatic rings. The molecule has 0 aliphatic rings. The average Bonchev–Trinajstić information content (AvgIpc) is 2.32. The molecule has 17 heavy (non-hydrogen) atoms. The Hall–Kier alpha value is -1.03. The maximum atomic E-state index is 13.5. The van der Waals surface area contributed by atoms with Crippen LogP contribution in [0.3, 0.4) is 0 Å². The molecule has 94 valence electrons. The third-order valence-electron chi connectivity index (χ3n) is 2.81. The Morgan fingerprint density at radius 2 is 2.06 bits per heavy atom. The molecule has 4 heteroatoms. The van der Waals surface area contributed by atoms with Gasteiger partial charge in [-0.3, -0.25) is 0 Å². The van der Waals surface area contributed by atoms with Crippen LogP contribution in [0, 0.1) is 11.7 Å². The summed E-state index contributed by atoms with van der Waals surface area (Å²) in [5.74, 6) is 0.0146. The lowest BCUT2D eigenvalue weighted by molar-refractivity contribution is 0.0696. The predicted molar refractivity (Wildman–Crippen MR) is 68.2 cm³/mol. The minimum absolute atomic E-state index is 0.137. The lowest BCUT2D eigenvalue weighted by Gasteiger charge is -2.12. The second kappa shape index (κ2) is 6.64. The number of thioether (sulfide) groups is 1. The molecule has 0 saturated heterocycles. The standard InChI is InChI=1S/C13H17FO2S/c1-3-9(4-2)8-17-12-7-10(13(15)16)5-6-11(12)14/h5-7,9H,3-4,8H2,1-2H3,(H,15,16). The van der Waals surface area contributed by atoms with Crippen molar-refractivity contribution < 1.29 is 14.3 Å².